The zero-order valence-corrected chi connectivity index (χ0v) is 11.9. The molecule has 6 nitrogen and oxygen atoms in total. The molecule has 0 aromatic heterocycles. The molecule has 1 rings (SSSR count). The molecular weight excluding hydrogens is 291 g/mol. The second kappa shape index (κ2) is 8.18. The molecule has 0 saturated carbocycles. The molecule has 1 aliphatic rings. The highest BCUT2D eigenvalue weighted by atomic mass is 19.4. The van der Waals surface area contributed by atoms with Crippen molar-refractivity contribution in [3.63, 3.8) is 0 Å². The van der Waals surface area contributed by atoms with Gasteiger partial charge in [0.2, 0.25) is 11.8 Å². The summed E-state index contributed by atoms with van der Waals surface area (Å²) in [6.07, 6.45) is -4.57. The van der Waals surface area contributed by atoms with E-state index in [2.05, 4.69) is 10.1 Å². The van der Waals surface area contributed by atoms with Crippen LogP contribution in [0.5, 0.6) is 0 Å². The zero-order chi connectivity index (χ0) is 15.9. The number of hydrogen-bond donors (Lipinski definition) is 1. The van der Waals surface area contributed by atoms with Crippen molar-refractivity contribution >= 4 is 11.8 Å². The van der Waals surface area contributed by atoms with E-state index in [9.17, 15) is 22.8 Å². The van der Waals surface area contributed by atoms with Crippen LogP contribution in [0, 0.1) is 0 Å². The number of piperazine rings is 1. The number of carbonyl (C=O) groups excluding carboxylic acids is 2. The van der Waals surface area contributed by atoms with Crippen molar-refractivity contribution in [2.45, 2.75) is 12.6 Å². The summed E-state index contributed by atoms with van der Waals surface area (Å²) in [4.78, 5) is 26.4. The van der Waals surface area contributed by atoms with E-state index in [0.29, 0.717) is 26.2 Å². The van der Waals surface area contributed by atoms with Gasteiger partial charge in [0, 0.05) is 33.2 Å². The van der Waals surface area contributed by atoms with Gasteiger partial charge in [-0.25, -0.2) is 0 Å². The topological polar surface area (TPSA) is 61.9 Å². The van der Waals surface area contributed by atoms with Crippen molar-refractivity contribution in [2.75, 3.05) is 53.0 Å². The second-order valence-corrected chi connectivity index (χ2v) is 4.80. The van der Waals surface area contributed by atoms with Gasteiger partial charge < -0.3 is 19.9 Å². The smallest absolute Gasteiger partial charge is 0.372 e. The molecule has 9 heteroatoms. The van der Waals surface area contributed by atoms with Crippen LogP contribution in [0.2, 0.25) is 0 Å². The maximum atomic E-state index is 11.9. The van der Waals surface area contributed by atoms with Crippen LogP contribution in [0.3, 0.4) is 0 Å². The summed E-state index contributed by atoms with van der Waals surface area (Å²) in [5.41, 5.74) is 0. The Bertz CT molecular complexity index is 357. The van der Waals surface area contributed by atoms with Crippen molar-refractivity contribution in [1.29, 1.82) is 0 Å². The van der Waals surface area contributed by atoms with Crippen molar-refractivity contribution in [3.8, 4) is 0 Å². The summed E-state index contributed by atoms with van der Waals surface area (Å²) in [5, 5.41) is 3.11. The van der Waals surface area contributed by atoms with Gasteiger partial charge in [0.1, 0.15) is 6.61 Å². The van der Waals surface area contributed by atoms with Gasteiger partial charge in [-0.3, -0.25) is 9.59 Å². The van der Waals surface area contributed by atoms with Gasteiger partial charge in [0.15, 0.2) is 0 Å². The predicted molar refractivity (Wildman–Crippen MR) is 68.6 cm³/mol. The first kappa shape index (κ1) is 17.7. The number of carbonyl (C=O) groups is 2. The third-order valence-electron chi connectivity index (χ3n) is 2.99. The molecule has 0 radical (unpaired) electrons. The number of rotatable bonds is 6. The second-order valence-electron chi connectivity index (χ2n) is 4.80. The minimum atomic E-state index is -4.40. The molecule has 0 aliphatic carbocycles. The van der Waals surface area contributed by atoms with Crippen molar-refractivity contribution in [2.24, 2.45) is 0 Å². The van der Waals surface area contributed by atoms with Crippen LogP contribution in [0.4, 0.5) is 13.2 Å². The Balaban J connectivity index is 2.22. The summed E-state index contributed by atoms with van der Waals surface area (Å²) in [6, 6.07) is 0. The minimum absolute atomic E-state index is 0.0713. The number of amides is 2. The van der Waals surface area contributed by atoms with E-state index >= 15 is 0 Å². The highest BCUT2D eigenvalue weighted by Gasteiger charge is 2.27. The lowest BCUT2D eigenvalue weighted by Gasteiger charge is -2.29. The molecule has 0 bridgehead atoms. The quantitative estimate of drug-likeness (QED) is 0.693. The van der Waals surface area contributed by atoms with Crippen molar-refractivity contribution in [1.82, 2.24) is 15.1 Å². The van der Waals surface area contributed by atoms with Crippen LogP contribution < -0.4 is 5.32 Å². The minimum Gasteiger partial charge on any atom is -0.372 e. The van der Waals surface area contributed by atoms with Crippen LogP contribution >= 0.6 is 0 Å². The zero-order valence-electron chi connectivity index (χ0n) is 11.9. The maximum absolute atomic E-state index is 11.9. The van der Waals surface area contributed by atoms with Gasteiger partial charge in [0.05, 0.1) is 19.6 Å². The Morgan fingerprint density at radius 3 is 2.48 bits per heavy atom. The number of ether oxygens (including phenoxy) is 1. The summed E-state index contributed by atoms with van der Waals surface area (Å²) in [5.74, 6) is -0.579. The first-order valence-electron chi connectivity index (χ1n) is 6.66. The van der Waals surface area contributed by atoms with Gasteiger partial charge in [-0.1, -0.05) is 0 Å². The maximum Gasteiger partial charge on any atom is 0.411 e. The van der Waals surface area contributed by atoms with Crippen LogP contribution in [0.1, 0.15) is 6.42 Å². The third-order valence-corrected chi connectivity index (χ3v) is 2.99. The number of likely N-dealkylation sites (N-methyl/N-ethyl adjacent to an activating group) is 1. The number of halogens is 3. The highest BCUT2D eigenvalue weighted by Crippen LogP contribution is 2.14. The lowest BCUT2D eigenvalue weighted by molar-refractivity contribution is -0.175. The van der Waals surface area contributed by atoms with E-state index in [1.54, 1.807) is 4.90 Å². The summed E-state index contributed by atoms with van der Waals surface area (Å²) >= 11 is 0. The van der Waals surface area contributed by atoms with E-state index in [1.807, 2.05) is 0 Å². The van der Waals surface area contributed by atoms with E-state index < -0.39 is 18.7 Å². The molecule has 1 fully saturated rings. The SMILES string of the molecule is CN(CC(=O)N1CCNCC1)C(=O)CCOCC(F)(F)F. The van der Waals surface area contributed by atoms with Crippen molar-refractivity contribution < 1.29 is 27.5 Å². The molecule has 122 valence electrons. The van der Waals surface area contributed by atoms with Crippen LogP contribution in [-0.4, -0.2) is 80.8 Å². The average molecular weight is 311 g/mol. The number of hydrogen-bond acceptors (Lipinski definition) is 4. The van der Waals surface area contributed by atoms with E-state index in [4.69, 9.17) is 0 Å². The Morgan fingerprint density at radius 1 is 1.29 bits per heavy atom. The molecule has 2 amide bonds. The first-order valence-corrected chi connectivity index (χ1v) is 6.66. The molecule has 1 saturated heterocycles. The van der Waals surface area contributed by atoms with E-state index in [0.717, 1.165) is 0 Å². The lowest BCUT2D eigenvalue weighted by atomic mass is 10.3. The number of nitrogens with zero attached hydrogens (tertiary/aromatic N) is 2. The van der Waals surface area contributed by atoms with Crippen LogP contribution in [-0.2, 0) is 14.3 Å². The van der Waals surface area contributed by atoms with Crippen LogP contribution in [0.15, 0.2) is 0 Å². The van der Waals surface area contributed by atoms with E-state index in [-0.39, 0.29) is 25.5 Å². The Kier molecular flexibility index (Phi) is 6.90. The molecule has 0 aromatic rings. The predicted octanol–water partition coefficient (Wildman–Crippen LogP) is -0.154. The van der Waals surface area contributed by atoms with Gasteiger partial charge in [-0.05, 0) is 0 Å². The Hall–Kier alpha value is -1.35. The summed E-state index contributed by atoms with van der Waals surface area (Å²) in [6.45, 7) is 0.862. The largest absolute Gasteiger partial charge is 0.411 e. The molecule has 0 unspecified atom stereocenters. The van der Waals surface area contributed by atoms with Gasteiger partial charge >= 0.3 is 6.18 Å². The van der Waals surface area contributed by atoms with Crippen LogP contribution in [0.25, 0.3) is 0 Å². The molecule has 1 heterocycles. The summed E-state index contributed by atoms with van der Waals surface area (Å²) < 4.78 is 39.9. The fourth-order valence-corrected chi connectivity index (χ4v) is 1.84. The van der Waals surface area contributed by atoms with Gasteiger partial charge in [0.25, 0.3) is 0 Å². The molecule has 0 atom stereocenters. The molecular formula is C12H20F3N3O3. The van der Waals surface area contributed by atoms with E-state index in [1.165, 1.54) is 11.9 Å². The number of nitrogens with one attached hydrogen (secondary N) is 1. The Labute approximate surface area is 121 Å². The van der Waals surface area contributed by atoms with Crippen molar-refractivity contribution in [3.05, 3.63) is 0 Å². The highest BCUT2D eigenvalue weighted by molar-refractivity contribution is 5.84. The lowest BCUT2D eigenvalue weighted by Crippen LogP contribution is -2.49. The normalized spacial score (nSPS) is 15.9. The number of alkyl halides is 3. The van der Waals surface area contributed by atoms with Gasteiger partial charge in [-0.15, -0.1) is 0 Å². The molecule has 1 N–H and O–H groups in total. The third kappa shape index (κ3) is 7.28. The standard InChI is InChI=1S/C12H20F3N3O3/c1-17(8-11(20)18-5-3-16-4-6-18)10(19)2-7-21-9-12(13,14)15/h16H,2-9H2,1H3. The fraction of sp³-hybridized carbons (Fsp3) is 0.833. The Morgan fingerprint density at radius 2 is 1.90 bits per heavy atom. The molecule has 0 spiro atoms. The fourth-order valence-electron chi connectivity index (χ4n) is 1.84. The van der Waals surface area contributed by atoms with Gasteiger partial charge in [-0.2, -0.15) is 13.2 Å². The summed E-state index contributed by atoms with van der Waals surface area (Å²) in [7, 11) is 1.45. The molecule has 21 heavy (non-hydrogen) atoms. The first-order chi connectivity index (χ1) is 9.79. The molecule has 1 aliphatic heterocycles. The molecule has 0 aromatic carbocycles. The monoisotopic (exact) mass is 311 g/mol. The average Bonchev–Trinajstić information content (AvgIpc) is 2.43.